The smallest absolute Gasteiger partial charge is 0.326 e. The zero-order chi connectivity index (χ0) is 64.3. The van der Waals surface area contributed by atoms with E-state index in [4.69, 9.17) is 74.7 Å². The SMILES string of the molecule is N=[NH2+].N=[NH2+].NCC[C@H](CC(=O)[C@@H]1Cc2ccccc2CN1C(=O)CCC(=O)c1ccccc1)C(=O)Nc1ccc(Cl)c(Cl)c1F.NCC[C@H](N)C(=O)Nc1ccc(Cl)c(Cl)c1F.O=C(CCC(=O)N1Cc2ccccc2C[C@H]1C(=O)O)c1ccccc1. The first kappa shape index (κ1) is 71.3. The molecule has 87 heavy (non-hydrogen) atoms. The van der Waals surface area contributed by atoms with Gasteiger partial charge in [0.15, 0.2) is 29.0 Å². The van der Waals surface area contributed by atoms with Crippen molar-refractivity contribution in [1.82, 2.24) is 9.80 Å². The Labute approximate surface area is 520 Å². The van der Waals surface area contributed by atoms with Crippen molar-refractivity contribution in [2.24, 2.45) is 23.1 Å². The number of carbonyl (C=O) groups is 8. The highest BCUT2D eigenvalue weighted by atomic mass is 35.5. The van der Waals surface area contributed by atoms with E-state index >= 15 is 0 Å². The van der Waals surface area contributed by atoms with Crippen LogP contribution in [0.1, 0.15) is 87.9 Å². The van der Waals surface area contributed by atoms with Crippen LogP contribution in [0.25, 0.3) is 0 Å². The lowest BCUT2D eigenvalue weighted by Crippen LogP contribution is -2.49. The van der Waals surface area contributed by atoms with Gasteiger partial charge in [0.1, 0.15) is 6.04 Å². The van der Waals surface area contributed by atoms with Crippen molar-refractivity contribution in [1.29, 1.82) is 11.1 Å². The second kappa shape index (κ2) is 36.0. The molecule has 0 aromatic heterocycles. The minimum atomic E-state index is -1.02. The number of fused-ring (bicyclic) bond motifs is 2. The van der Waals surface area contributed by atoms with Gasteiger partial charge in [-0.2, -0.15) is 11.1 Å². The third-order valence-corrected chi connectivity index (χ3v) is 15.4. The highest BCUT2D eigenvalue weighted by Crippen LogP contribution is 2.33. The third kappa shape index (κ3) is 20.5. The van der Waals surface area contributed by atoms with Crippen LogP contribution >= 0.6 is 46.4 Å². The van der Waals surface area contributed by atoms with Gasteiger partial charge in [-0.25, -0.2) is 13.6 Å². The second-order valence-corrected chi connectivity index (χ2v) is 21.1. The lowest BCUT2D eigenvalue weighted by molar-refractivity contribution is -0.250. The molecule has 0 fully saturated rings. The maximum absolute atomic E-state index is 14.6. The summed E-state index contributed by atoms with van der Waals surface area (Å²) in [5.41, 5.74) is 39.2. The Morgan fingerprint density at radius 2 is 0.920 bits per heavy atom. The first-order valence-corrected chi connectivity index (χ1v) is 28.5. The Hall–Kier alpha value is -8.22. The number of ketones is 3. The summed E-state index contributed by atoms with van der Waals surface area (Å²) in [6.07, 6.45) is 0.907. The van der Waals surface area contributed by atoms with Crippen LogP contribution in [0.5, 0.6) is 0 Å². The zero-order valence-corrected chi connectivity index (χ0v) is 50.0. The molecule has 2 aliphatic heterocycles. The Balaban J connectivity index is 0.000000299. The van der Waals surface area contributed by atoms with Gasteiger partial charge in [0.2, 0.25) is 23.6 Å². The highest BCUT2D eigenvalue weighted by molar-refractivity contribution is 6.43. The molecule has 0 bridgehead atoms. The van der Waals surface area contributed by atoms with E-state index < -0.39 is 53.5 Å². The molecule has 0 saturated carbocycles. The topological polar surface area (TPSA) is 364 Å². The fourth-order valence-electron chi connectivity index (χ4n) is 9.27. The number of hydrogen-bond acceptors (Lipinski definition) is 13. The molecular weight excluding hydrogens is 1210 g/mol. The van der Waals surface area contributed by atoms with Crippen LogP contribution in [0.4, 0.5) is 20.2 Å². The molecule has 0 spiro atoms. The van der Waals surface area contributed by atoms with Crippen LogP contribution in [-0.4, -0.2) is 93.1 Å². The number of nitrogens with one attached hydrogen (secondary N) is 4. The lowest BCUT2D eigenvalue weighted by Gasteiger charge is -2.36. The van der Waals surface area contributed by atoms with Gasteiger partial charge in [0.25, 0.3) is 0 Å². The summed E-state index contributed by atoms with van der Waals surface area (Å²) in [4.78, 5) is 104. The van der Waals surface area contributed by atoms with E-state index in [-0.39, 0.29) is 132 Å². The normalized spacial score (nSPS) is 14.3. The molecule has 8 rings (SSSR count). The number of aliphatic carboxylic acids is 1. The van der Waals surface area contributed by atoms with Crippen molar-refractivity contribution in [2.75, 3.05) is 23.7 Å². The van der Waals surface area contributed by atoms with Crippen molar-refractivity contribution in [3.63, 3.8) is 0 Å². The molecule has 0 aliphatic carbocycles. The highest BCUT2D eigenvalue weighted by Gasteiger charge is 2.37. The van der Waals surface area contributed by atoms with Crippen molar-refractivity contribution in [3.05, 3.63) is 199 Å². The van der Waals surface area contributed by atoms with E-state index in [1.807, 2.05) is 60.7 Å². The summed E-state index contributed by atoms with van der Waals surface area (Å²) in [6, 6.07) is 35.5. The number of hydrogen-bond donors (Lipinski definition) is 10. The van der Waals surface area contributed by atoms with Crippen molar-refractivity contribution in [3.8, 4) is 0 Å². The van der Waals surface area contributed by atoms with Crippen LogP contribution in [0.3, 0.4) is 0 Å². The molecule has 0 radical (unpaired) electrons. The maximum atomic E-state index is 14.6. The molecule has 4 atom stereocenters. The van der Waals surface area contributed by atoms with E-state index in [1.54, 1.807) is 48.5 Å². The predicted octanol–water partition coefficient (Wildman–Crippen LogP) is 7.60. The summed E-state index contributed by atoms with van der Waals surface area (Å²) < 4.78 is 28.1. The number of Topliss-reactive ketones (excluding diaryl/α,β-unsaturated/α-hetero) is 3. The van der Waals surface area contributed by atoms with Gasteiger partial charge in [-0.05, 0) is 72.5 Å². The molecule has 2 aliphatic rings. The Morgan fingerprint density at radius 1 is 0.540 bits per heavy atom. The number of carbonyl (C=O) groups excluding carboxylic acids is 7. The Kier molecular flexibility index (Phi) is 29.5. The van der Waals surface area contributed by atoms with Crippen LogP contribution in [-0.2, 0) is 54.7 Å². The van der Waals surface area contributed by atoms with Crippen LogP contribution in [0, 0.1) is 28.6 Å². The first-order valence-electron chi connectivity index (χ1n) is 27.0. The second-order valence-electron chi connectivity index (χ2n) is 19.5. The van der Waals surface area contributed by atoms with Crippen molar-refractivity contribution >= 4 is 105 Å². The number of anilines is 2. The minimum Gasteiger partial charge on any atom is -0.480 e. The van der Waals surface area contributed by atoms with Gasteiger partial charge in [-0.15, -0.1) is 0 Å². The first-order chi connectivity index (χ1) is 41.7. The fraction of sp³-hybridized carbons (Fsp3) is 0.279. The molecule has 20 nitrogen and oxygen atoms in total. The van der Waals surface area contributed by atoms with Gasteiger partial charge in [0, 0.05) is 75.1 Å². The van der Waals surface area contributed by atoms with Gasteiger partial charge < -0.3 is 42.7 Å². The number of carboxylic acid groups (broad SMARTS) is 1. The predicted molar refractivity (Wildman–Crippen MR) is 324 cm³/mol. The molecule has 4 amide bonds. The Bertz CT molecular complexity index is 3370. The van der Waals surface area contributed by atoms with E-state index in [0.29, 0.717) is 24.0 Å². The zero-order valence-electron chi connectivity index (χ0n) is 47.0. The van der Waals surface area contributed by atoms with Crippen molar-refractivity contribution in [2.45, 2.75) is 89.0 Å². The summed E-state index contributed by atoms with van der Waals surface area (Å²) in [7, 11) is 0. The standard InChI is InChI=1S/C31H30Cl2FN3O4.C20H19NO4.C10H12Cl2FN3O.2H2N2/c32-23-10-11-24(30(34)29(23)33)36-31(41)21(14-15-35)17-27(39)25-16-20-8-4-5-9-22(20)18-37(25)28(40)13-12-26(38)19-6-2-1-3-7-19;22-18(14-6-2-1-3-7-14)10-11-19(23)21-13-16-9-5-4-8-15(16)12-17(21)20(24)25;11-5-1-2-7(9(13)8(5)12)16-10(17)6(15)3-4-14;2*1-2/h1-11,21,25H,12-18,35H2,(H,36,41);1-9,17H,10-13H2,(H,24,25);1-2,6H,3-4,14-15H2,(H,16,17);2*1-2H/p+2/t21-,25+;17-;6-;;/m100../s1. The van der Waals surface area contributed by atoms with Gasteiger partial charge in [-0.3, -0.25) is 33.6 Å². The molecule has 0 unspecified atom stereocenters. The Morgan fingerprint density at radius 3 is 1.33 bits per heavy atom. The number of carboxylic acids is 1. The summed E-state index contributed by atoms with van der Waals surface area (Å²) in [5.74, 6) is -5.87. The quantitative estimate of drug-likeness (QED) is 0.0201. The molecule has 26 heteroatoms. The van der Waals surface area contributed by atoms with Gasteiger partial charge in [0.05, 0.1) is 43.5 Å². The summed E-state index contributed by atoms with van der Waals surface area (Å²) >= 11 is 22.9. The van der Waals surface area contributed by atoms with E-state index in [1.165, 1.54) is 34.1 Å². The van der Waals surface area contributed by atoms with E-state index in [2.05, 4.69) is 21.7 Å². The molecule has 2 heterocycles. The number of benzene rings is 6. The van der Waals surface area contributed by atoms with Crippen molar-refractivity contribution < 1.29 is 63.3 Å². The van der Waals surface area contributed by atoms with Crippen LogP contribution < -0.4 is 38.9 Å². The number of halogens is 6. The van der Waals surface area contributed by atoms with E-state index in [9.17, 15) is 52.2 Å². The molecule has 15 N–H and O–H groups in total. The fourth-order valence-corrected chi connectivity index (χ4v) is 9.89. The monoisotopic (exact) mass is 1280 g/mol. The lowest BCUT2D eigenvalue weighted by atomic mass is 9.87. The number of rotatable bonds is 20. The van der Waals surface area contributed by atoms with Crippen LogP contribution in [0.2, 0.25) is 20.1 Å². The molecule has 6 aromatic rings. The summed E-state index contributed by atoms with van der Waals surface area (Å²) in [6.45, 7) is 0.879. The number of nitrogens with two attached hydrogens (primary N) is 5. The summed E-state index contributed by atoms with van der Waals surface area (Å²) in [5, 5.41) is 13.8. The molecular formula is C61H67Cl4F2N11O9+2. The average molecular weight is 1280 g/mol. The molecule has 460 valence electrons. The molecule has 6 aromatic carbocycles. The minimum absolute atomic E-state index is 0.00339. The average Bonchev–Trinajstić information content (AvgIpc) is 3.08. The van der Waals surface area contributed by atoms with Crippen LogP contribution in [0.15, 0.2) is 133 Å². The number of amides is 4. The number of nitrogens with zero attached hydrogens (tertiary/aromatic N) is 2. The molecule has 0 saturated heterocycles. The van der Waals surface area contributed by atoms with E-state index in [0.717, 1.165) is 22.3 Å². The van der Waals surface area contributed by atoms with Gasteiger partial charge in [-0.1, -0.05) is 167 Å². The maximum Gasteiger partial charge on any atom is 0.326 e. The largest absolute Gasteiger partial charge is 0.480 e. The van der Waals surface area contributed by atoms with Gasteiger partial charge >= 0.3 is 5.97 Å². The third-order valence-electron chi connectivity index (χ3n) is 13.9.